The van der Waals surface area contributed by atoms with Crippen LogP contribution in [0.1, 0.15) is 33.2 Å². The lowest BCUT2D eigenvalue weighted by Crippen LogP contribution is -2.52. The molecule has 0 heterocycles. The summed E-state index contributed by atoms with van der Waals surface area (Å²) in [5.41, 5.74) is 1.42. The monoisotopic (exact) mass is 350 g/mol. The number of para-hydroxylation sites is 1. The molecule has 0 spiro atoms. The zero-order valence-corrected chi connectivity index (χ0v) is 14.5. The van der Waals surface area contributed by atoms with Gasteiger partial charge in [-0.1, -0.05) is 42.5 Å². The predicted octanol–water partition coefficient (Wildman–Crippen LogP) is 2.22. The Kier molecular flexibility index (Phi) is 4.93. The molecule has 0 aromatic heterocycles. The molecule has 1 aliphatic carbocycles. The molecule has 26 heavy (non-hydrogen) atoms. The van der Waals surface area contributed by atoms with E-state index in [1.807, 2.05) is 18.2 Å². The molecule has 0 aliphatic heterocycles. The fourth-order valence-corrected chi connectivity index (χ4v) is 2.95. The molecule has 0 saturated carbocycles. The molecule has 0 saturated heterocycles. The Labute approximate surface area is 150 Å². The van der Waals surface area contributed by atoms with Crippen molar-refractivity contribution in [2.24, 2.45) is 4.99 Å². The zero-order valence-electron chi connectivity index (χ0n) is 14.5. The van der Waals surface area contributed by atoms with E-state index in [-0.39, 0.29) is 23.8 Å². The van der Waals surface area contributed by atoms with Gasteiger partial charge in [-0.2, -0.15) is 0 Å². The molecule has 6 nitrogen and oxygen atoms in total. The molecule has 0 fully saturated rings. The van der Waals surface area contributed by atoms with Gasteiger partial charge in [0.25, 0.3) is 0 Å². The third-order valence-corrected chi connectivity index (χ3v) is 4.17. The first-order chi connectivity index (χ1) is 12.5. The number of fused-ring (bicyclic) bond motifs is 1. The first-order valence-corrected chi connectivity index (χ1v) is 8.14. The van der Waals surface area contributed by atoms with E-state index >= 15 is 0 Å². The summed E-state index contributed by atoms with van der Waals surface area (Å²) in [5, 5.41) is 2.55. The van der Waals surface area contributed by atoms with Crippen LogP contribution in [0.2, 0.25) is 0 Å². The lowest BCUT2D eigenvalue weighted by Gasteiger charge is -2.24. The number of nitrogens with zero attached hydrogens (tertiary/aromatic N) is 1. The van der Waals surface area contributed by atoms with Gasteiger partial charge < -0.3 is 10.1 Å². The summed E-state index contributed by atoms with van der Waals surface area (Å²) in [5.74, 6) is -0.452. The van der Waals surface area contributed by atoms with Crippen molar-refractivity contribution >= 4 is 23.2 Å². The van der Waals surface area contributed by atoms with Crippen molar-refractivity contribution in [2.45, 2.75) is 19.5 Å². The Morgan fingerprint density at radius 2 is 1.73 bits per heavy atom. The van der Waals surface area contributed by atoms with Gasteiger partial charge in [-0.3, -0.25) is 19.4 Å². The summed E-state index contributed by atoms with van der Waals surface area (Å²) in [6, 6.07) is 12.8. The number of aliphatic imine (C=N–C) groups is 1. The molecule has 132 valence electrons. The number of hydrogen-bond acceptors (Lipinski definition) is 5. The van der Waals surface area contributed by atoms with Crippen LogP contribution < -0.4 is 10.1 Å². The highest BCUT2D eigenvalue weighted by Gasteiger charge is 2.38. The van der Waals surface area contributed by atoms with E-state index in [0.29, 0.717) is 16.9 Å². The minimum atomic E-state index is -1.08. The van der Waals surface area contributed by atoms with E-state index in [0.717, 1.165) is 5.56 Å². The van der Waals surface area contributed by atoms with Gasteiger partial charge in [0.2, 0.25) is 11.7 Å². The highest BCUT2D eigenvalue weighted by Crippen LogP contribution is 2.22. The highest BCUT2D eigenvalue weighted by molar-refractivity contribution is 6.55. The van der Waals surface area contributed by atoms with E-state index in [4.69, 9.17) is 4.74 Å². The maximum atomic E-state index is 12.9. The van der Waals surface area contributed by atoms with Crippen molar-refractivity contribution in [3.05, 3.63) is 65.2 Å². The molecule has 0 radical (unpaired) electrons. The number of nitrogens with one attached hydrogen (secondary N) is 1. The van der Waals surface area contributed by atoms with Crippen molar-refractivity contribution in [1.82, 2.24) is 5.32 Å². The summed E-state index contributed by atoms with van der Waals surface area (Å²) in [7, 11) is 1.55. The van der Waals surface area contributed by atoms with Gasteiger partial charge in [0.05, 0.1) is 13.7 Å². The Hall–Kier alpha value is -3.28. The van der Waals surface area contributed by atoms with Gasteiger partial charge in [0.1, 0.15) is 17.5 Å². The standard InChI is InChI=1S/C20H18N2O4/c1-12(23)22-18-17(21-11-13-7-3-6-10-16(13)26-2)19(24)14-8-4-5-9-15(14)20(18)25/h3-10,18H,11H2,1-2H3,(H,22,23)/t18-/m1/s1. The van der Waals surface area contributed by atoms with E-state index < -0.39 is 11.9 Å². The molecule has 0 unspecified atom stereocenters. The van der Waals surface area contributed by atoms with Crippen LogP contribution in [0.5, 0.6) is 5.75 Å². The highest BCUT2D eigenvalue weighted by atomic mass is 16.5. The number of rotatable bonds is 4. The van der Waals surface area contributed by atoms with Gasteiger partial charge in [-0.05, 0) is 6.07 Å². The van der Waals surface area contributed by atoms with E-state index in [1.165, 1.54) is 6.92 Å². The van der Waals surface area contributed by atoms with Crippen LogP contribution in [0.3, 0.4) is 0 Å². The number of ether oxygens (including phenoxy) is 1. The van der Waals surface area contributed by atoms with Gasteiger partial charge in [-0.15, -0.1) is 0 Å². The number of amides is 1. The Morgan fingerprint density at radius 1 is 1.08 bits per heavy atom. The van der Waals surface area contributed by atoms with Crippen molar-refractivity contribution < 1.29 is 19.1 Å². The fourth-order valence-electron chi connectivity index (χ4n) is 2.95. The van der Waals surface area contributed by atoms with Crippen LogP contribution in [-0.4, -0.2) is 36.3 Å². The average molecular weight is 350 g/mol. The lowest BCUT2D eigenvalue weighted by molar-refractivity contribution is -0.119. The average Bonchev–Trinajstić information content (AvgIpc) is 2.65. The van der Waals surface area contributed by atoms with Crippen LogP contribution in [0.15, 0.2) is 53.5 Å². The van der Waals surface area contributed by atoms with Crippen LogP contribution in [0.4, 0.5) is 0 Å². The first-order valence-electron chi connectivity index (χ1n) is 8.14. The van der Waals surface area contributed by atoms with Crippen LogP contribution in [0.25, 0.3) is 0 Å². The smallest absolute Gasteiger partial charge is 0.217 e. The number of methoxy groups -OCH3 is 1. The Balaban J connectivity index is 2.03. The minimum Gasteiger partial charge on any atom is -0.496 e. The number of ketones is 2. The second-order valence-corrected chi connectivity index (χ2v) is 5.89. The molecule has 3 rings (SSSR count). The number of benzene rings is 2. The summed E-state index contributed by atoms with van der Waals surface area (Å²) >= 11 is 0. The topological polar surface area (TPSA) is 84.8 Å². The van der Waals surface area contributed by atoms with Gasteiger partial charge in [0, 0.05) is 23.6 Å². The first kappa shape index (κ1) is 17.5. The van der Waals surface area contributed by atoms with Gasteiger partial charge in [0.15, 0.2) is 5.78 Å². The fraction of sp³-hybridized carbons (Fsp3) is 0.200. The second-order valence-electron chi connectivity index (χ2n) is 5.89. The minimum absolute atomic E-state index is 0.0369. The van der Waals surface area contributed by atoms with Crippen LogP contribution in [0, 0.1) is 0 Å². The third kappa shape index (κ3) is 3.26. The maximum absolute atomic E-state index is 12.9. The van der Waals surface area contributed by atoms with Crippen LogP contribution >= 0.6 is 0 Å². The third-order valence-electron chi connectivity index (χ3n) is 4.17. The molecule has 1 atom stereocenters. The normalized spacial score (nSPS) is 17.8. The molecule has 2 aromatic rings. The molecule has 2 aromatic carbocycles. The van der Waals surface area contributed by atoms with E-state index in [2.05, 4.69) is 10.3 Å². The van der Waals surface area contributed by atoms with Crippen molar-refractivity contribution in [3.63, 3.8) is 0 Å². The number of hydrogen-bond donors (Lipinski definition) is 1. The summed E-state index contributed by atoms with van der Waals surface area (Å²) in [4.78, 5) is 41.6. The van der Waals surface area contributed by atoms with Gasteiger partial charge >= 0.3 is 0 Å². The molecule has 1 N–H and O–H groups in total. The van der Waals surface area contributed by atoms with E-state index in [9.17, 15) is 14.4 Å². The van der Waals surface area contributed by atoms with Crippen molar-refractivity contribution in [3.8, 4) is 5.75 Å². The SMILES string of the molecule is COc1ccccc1CN=C1C(=O)c2ccccc2C(=O)[C@@H]1NC(C)=O. The number of carbonyl (C=O) groups excluding carboxylic acids is 3. The Bertz CT molecular complexity index is 918. The molecular weight excluding hydrogens is 332 g/mol. The molecule has 6 heteroatoms. The number of Topliss-reactive ketones (excluding diaryl/α,β-unsaturated/α-hetero) is 2. The largest absolute Gasteiger partial charge is 0.496 e. The molecule has 1 amide bonds. The van der Waals surface area contributed by atoms with Crippen molar-refractivity contribution in [1.29, 1.82) is 0 Å². The quantitative estimate of drug-likeness (QED) is 0.916. The predicted molar refractivity (Wildman–Crippen MR) is 96.8 cm³/mol. The molecular formula is C20H18N2O4. The molecule has 0 bridgehead atoms. The second kappa shape index (κ2) is 7.31. The van der Waals surface area contributed by atoms with Gasteiger partial charge in [-0.25, -0.2) is 0 Å². The van der Waals surface area contributed by atoms with Crippen LogP contribution in [-0.2, 0) is 11.3 Å². The molecule has 1 aliphatic rings. The van der Waals surface area contributed by atoms with E-state index in [1.54, 1.807) is 37.4 Å². The lowest BCUT2D eigenvalue weighted by atomic mass is 9.84. The van der Waals surface area contributed by atoms with Crippen molar-refractivity contribution in [2.75, 3.05) is 7.11 Å². The maximum Gasteiger partial charge on any atom is 0.217 e. The number of carbonyl (C=O) groups is 3. The summed E-state index contributed by atoms with van der Waals surface area (Å²) in [6.07, 6.45) is 0. The Morgan fingerprint density at radius 3 is 2.42 bits per heavy atom. The zero-order chi connectivity index (χ0) is 18.7. The summed E-state index contributed by atoms with van der Waals surface area (Å²) < 4.78 is 5.29. The summed E-state index contributed by atoms with van der Waals surface area (Å²) in [6.45, 7) is 1.47.